The minimum absolute atomic E-state index is 0.132. The number of aliphatic carboxylic acids is 1. The molecule has 0 spiro atoms. The topological polar surface area (TPSA) is 147 Å². The van der Waals surface area contributed by atoms with Crippen molar-refractivity contribution in [3.8, 4) is 0 Å². The number of hydrogen-bond acceptors (Lipinski definition) is 9. The number of amides is 2. The molecule has 0 aliphatic carbocycles. The van der Waals surface area contributed by atoms with Crippen molar-refractivity contribution in [1.82, 2.24) is 15.2 Å². The molecule has 3 heterocycles. The molecule has 1 saturated heterocycles. The minimum Gasteiger partial charge on any atom is -0.477 e. The van der Waals surface area contributed by atoms with Crippen LogP contribution in [0.5, 0.6) is 0 Å². The third-order valence-electron chi connectivity index (χ3n) is 7.53. The van der Waals surface area contributed by atoms with E-state index in [9.17, 15) is 19.5 Å². The molecule has 12 heteroatoms. The van der Waals surface area contributed by atoms with E-state index >= 15 is 0 Å². The molecular weight excluding hydrogens is 611 g/mol. The van der Waals surface area contributed by atoms with E-state index in [2.05, 4.69) is 22.0 Å². The number of fused-ring (bicyclic) bond motifs is 1. The van der Waals surface area contributed by atoms with Gasteiger partial charge < -0.3 is 21.0 Å². The Bertz CT molecular complexity index is 1730. The summed E-state index contributed by atoms with van der Waals surface area (Å²) in [7, 11) is 0. The summed E-state index contributed by atoms with van der Waals surface area (Å²) in [6.07, 6.45) is 1.43. The first kappa shape index (κ1) is 29.9. The number of rotatable bonds is 10. The summed E-state index contributed by atoms with van der Waals surface area (Å²) >= 11 is 2.46. The van der Waals surface area contributed by atoms with Crippen molar-refractivity contribution in [2.24, 2.45) is 5.16 Å². The Labute approximate surface area is 266 Å². The van der Waals surface area contributed by atoms with Crippen LogP contribution in [0.3, 0.4) is 0 Å². The number of benzene rings is 3. The summed E-state index contributed by atoms with van der Waals surface area (Å²) in [6.45, 7) is 3.67. The number of thioether (sulfide) groups is 1. The normalized spacial score (nSPS) is 18.1. The van der Waals surface area contributed by atoms with Crippen LogP contribution in [-0.4, -0.2) is 55.7 Å². The van der Waals surface area contributed by atoms with Crippen molar-refractivity contribution in [3.05, 3.63) is 143 Å². The number of nitrogens with one attached hydrogen (secondary N) is 1. The summed E-state index contributed by atoms with van der Waals surface area (Å²) in [4.78, 5) is 51.1. The first-order valence-corrected chi connectivity index (χ1v) is 15.8. The molecule has 3 aromatic carbocycles. The number of carboxylic acid groups (broad SMARTS) is 1. The van der Waals surface area contributed by atoms with Gasteiger partial charge in [-0.3, -0.25) is 14.5 Å². The van der Waals surface area contributed by atoms with Gasteiger partial charge in [0, 0.05) is 27.8 Å². The molecular formula is C33H27N5O5S2. The highest BCUT2D eigenvalue weighted by Crippen LogP contribution is 2.42. The lowest BCUT2D eigenvalue weighted by molar-refractivity contribution is -0.150. The lowest BCUT2D eigenvalue weighted by Gasteiger charge is -2.49. The molecule has 2 aliphatic rings. The van der Waals surface area contributed by atoms with Crippen molar-refractivity contribution < 1.29 is 24.3 Å². The first-order chi connectivity index (χ1) is 21.8. The monoisotopic (exact) mass is 637 g/mol. The van der Waals surface area contributed by atoms with Gasteiger partial charge in [-0.2, -0.15) is 0 Å². The number of aromatic nitrogens is 1. The predicted molar refractivity (Wildman–Crippen MR) is 173 cm³/mol. The van der Waals surface area contributed by atoms with E-state index in [0.29, 0.717) is 11.3 Å². The fourth-order valence-electron chi connectivity index (χ4n) is 5.40. The molecule has 4 N–H and O–H groups in total. The quantitative estimate of drug-likeness (QED) is 0.101. The second-order valence-corrected chi connectivity index (χ2v) is 12.1. The van der Waals surface area contributed by atoms with E-state index in [-0.39, 0.29) is 22.2 Å². The van der Waals surface area contributed by atoms with E-state index in [0.717, 1.165) is 28.0 Å². The average molecular weight is 638 g/mol. The Morgan fingerprint density at radius 2 is 1.58 bits per heavy atom. The number of carbonyl (C=O) groups is 3. The van der Waals surface area contributed by atoms with Crippen molar-refractivity contribution in [3.63, 3.8) is 0 Å². The maximum absolute atomic E-state index is 13.9. The van der Waals surface area contributed by atoms with Crippen molar-refractivity contribution in [2.45, 2.75) is 17.0 Å². The Morgan fingerprint density at radius 1 is 1.02 bits per heavy atom. The zero-order chi connectivity index (χ0) is 31.6. The summed E-state index contributed by atoms with van der Waals surface area (Å²) in [6, 6.07) is 27.6. The van der Waals surface area contributed by atoms with Gasteiger partial charge in [0.25, 0.3) is 11.8 Å². The Balaban J connectivity index is 1.40. The summed E-state index contributed by atoms with van der Waals surface area (Å²) in [5.41, 5.74) is 7.23. The van der Waals surface area contributed by atoms with E-state index in [1.807, 2.05) is 91.0 Å². The van der Waals surface area contributed by atoms with Crippen molar-refractivity contribution in [2.75, 3.05) is 11.5 Å². The van der Waals surface area contributed by atoms with Crippen LogP contribution in [0.1, 0.15) is 22.4 Å². The van der Waals surface area contributed by atoms with E-state index < -0.39 is 34.8 Å². The van der Waals surface area contributed by atoms with Crippen LogP contribution >= 0.6 is 23.1 Å². The molecule has 1 aromatic heterocycles. The van der Waals surface area contributed by atoms with Crippen LogP contribution < -0.4 is 11.1 Å². The second-order valence-electron chi connectivity index (χ2n) is 10.1. The van der Waals surface area contributed by atoms with Gasteiger partial charge in [0.15, 0.2) is 10.8 Å². The number of carbonyl (C=O) groups excluding carboxylic acids is 2. The fourth-order valence-corrected chi connectivity index (χ4v) is 7.29. The minimum atomic E-state index is -1.28. The Kier molecular flexibility index (Phi) is 8.24. The number of nitrogen functional groups attached to an aromatic ring is 1. The molecule has 2 aliphatic heterocycles. The zero-order valence-corrected chi connectivity index (χ0v) is 25.3. The molecule has 0 radical (unpaired) electrons. The number of allylic oxidation sites excluding steroid dienone is 1. The number of β-lactam (4-membered cyclic amide) rings is 1. The molecule has 6 rings (SSSR count). The number of thiazole rings is 1. The molecule has 45 heavy (non-hydrogen) atoms. The lowest BCUT2D eigenvalue weighted by Crippen LogP contribution is -2.71. The molecule has 1 fully saturated rings. The van der Waals surface area contributed by atoms with Crippen LogP contribution in [0.15, 0.2) is 125 Å². The summed E-state index contributed by atoms with van der Waals surface area (Å²) in [5, 5.41) is 18.2. The van der Waals surface area contributed by atoms with Gasteiger partial charge in [-0.1, -0.05) is 109 Å². The van der Waals surface area contributed by atoms with E-state index in [4.69, 9.17) is 10.6 Å². The van der Waals surface area contributed by atoms with Gasteiger partial charge in [0.1, 0.15) is 22.8 Å². The highest BCUT2D eigenvalue weighted by molar-refractivity contribution is 8.00. The van der Waals surface area contributed by atoms with Crippen LogP contribution in [0.2, 0.25) is 0 Å². The number of anilines is 1. The number of nitrogens with zero attached hydrogens (tertiary/aromatic N) is 3. The van der Waals surface area contributed by atoms with E-state index in [1.54, 1.807) is 5.38 Å². The number of nitrogens with two attached hydrogens (primary N) is 1. The summed E-state index contributed by atoms with van der Waals surface area (Å²) in [5.74, 6) is -2.19. The van der Waals surface area contributed by atoms with Crippen molar-refractivity contribution >= 4 is 51.7 Å². The van der Waals surface area contributed by atoms with Gasteiger partial charge in [0.2, 0.25) is 5.60 Å². The summed E-state index contributed by atoms with van der Waals surface area (Å²) < 4.78 is 0. The maximum atomic E-state index is 13.9. The standard InChI is InChI=1S/C33H27N5O5S2/c1-2-20-18-44-30-26(29(40)38(30)27(20)31(41)42)36-28(39)25(24-19-45-32(34)35-24)37-43-33(21-12-6-3-7-13-21,22-14-8-4-9-15-22)23-16-10-5-11-17-23/h2-17,19,26,30H,1,18H2,(H2,34,35)(H,36,39)(H,41,42)/b37-25+/t26?,30-/m1/s1. The fraction of sp³-hybridized carbons (Fsp3) is 0.121. The molecule has 4 aromatic rings. The van der Waals surface area contributed by atoms with Gasteiger partial charge >= 0.3 is 5.97 Å². The number of carboxylic acids is 1. The van der Waals surface area contributed by atoms with Crippen LogP contribution in [0.25, 0.3) is 0 Å². The maximum Gasteiger partial charge on any atom is 0.352 e. The third-order valence-corrected chi connectivity index (χ3v) is 9.50. The Morgan fingerprint density at radius 3 is 2.04 bits per heavy atom. The van der Waals surface area contributed by atoms with Gasteiger partial charge in [-0.05, 0) is 5.57 Å². The van der Waals surface area contributed by atoms with Crippen LogP contribution in [0.4, 0.5) is 5.13 Å². The molecule has 226 valence electrons. The predicted octanol–water partition coefficient (Wildman–Crippen LogP) is 4.36. The highest BCUT2D eigenvalue weighted by Gasteiger charge is 2.54. The molecule has 1 unspecified atom stereocenters. The van der Waals surface area contributed by atoms with Crippen LogP contribution in [-0.2, 0) is 24.8 Å². The molecule has 2 amide bonds. The Hall–Kier alpha value is -5.20. The smallest absolute Gasteiger partial charge is 0.352 e. The van der Waals surface area contributed by atoms with Gasteiger partial charge in [-0.15, -0.1) is 23.1 Å². The molecule has 0 bridgehead atoms. The molecule has 10 nitrogen and oxygen atoms in total. The SMILES string of the molecule is C=CC1=C(C(=O)O)N2C(=O)C(NC(=O)/C(=N/OC(c3ccccc3)(c3ccccc3)c3ccccc3)c3csc(N)n3)[C@H]2SC1. The molecule has 0 saturated carbocycles. The molecule has 2 atom stereocenters. The van der Waals surface area contributed by atoms with Crippen LogP contribution in [0, 0.1) is 0 Å². The lowest BCUT2D eigenvalue weighted by atomic mass is 9.80. The second kappa shape index (κ2) is 12.4. The highest BCUT2D eigenvalue weighted by atomic mass is 32.2. The van der Waals surface area contributed by atoms with Gasteiger partial charge in [-0.25, -0.2) is 9.78 Å². The largest absolute Gasteiger partial charge is 0.477 e. The zero-order valence-electron chi connectivity index (χ0n) is 23.7. The van der Waals surface area contributed by atoms with Gasteiger partial charge in [0.05, 0.1) is 0 Å². The third kappa shape index (κ3) is 5.38. The van der Waals surface area contributed by atoms with Crippen molar-refractivity contribution in [1.29, 1.82) is 0 Å². The first-order valence-electron chi connectivity index (χ1n) is 13.8. The number of hydrogen-bond donors (Lipinski definition) is 3. The van der Waals surface area contributed by atoms with E-state index in [1.165, 1.54) is 22.7 Å². The number of oxime groups is 1. The average Bonchev–Trinajstić information content (AvgIpc) is 3.51.